The molecule has 1 saturated carbocycles. The number of rotatable bonds is 2. The average molecular weight is 320 g/mol. The van der Waals surface area contributed by atoms with Gasteiger partial charge in [-0.3, -0.25) is 4.79 Å². The number of hydrogen-bond acceptors (Lipinski definition) is 4. The lowest BCUT2D eigenvalue weighted by Crippen LogP contribution is -2.33. The first-order valence-electron chi connectivity index (χ1n) is 5.40. The highest BCUT2D eigenvalue weighted by Crippen LogP contribution is 2.28. The zero-order valence-electron chi connectivity index (χ0n) is 9.31. The Morgan fingerprint density at radius 1 is 1.47 bits per heavy atom. The van der Waals surface area contributed by atoms with Gasteiger partial charge in [0.05, 0.1) is 21.6 Å². The van der Waals surface area contributed by atoms with Gasteiger partial charge >= 0.3 is 0 Å². The molecule has 3 atom stereocenters. The number of carbonyl (C=O) groups is 1. The molecule has 94 valence electrons. The number of aryl methyl sites for hydroxylation is 1. The maximum atomic E-state index is 12.0. The minimum Gasteiger partial charge on any atom is -0.390 e. The summed E-state index contributed by atoms with van der Waals surface area (Å²) in [5, 5.41) is 21.6. The molecule has 17 heavy (non-hydrogen) atoms. The first-order valence-corrected chi connectivity index (χ1v) is 7.01. The third-order valence-electron chi connectivity index (χ3n) is 2.89. The molecule has 1 unspecified atom stereocenters. The SMILES string of the molecule is Cc1cc(C(=O)NC2C[C@@H](O)[C@@H](O)C2)c(Br)s1. The Balaban J connectivity index is 2.01. The van der Waals surface area contributed by atoms with E-state index in [2.05, 4.69) is 21.2 Å². The fourth-order valence-electron chi connectivity index (χ4n) is 2.01. The maximum Gasteiger partial charge on any atom is 0.253 e. The van der Waals surface area contributed by atoms with Crippen LogP contribution in [0.25, 0.3) is 0 Å². The van der Waals surface area contributed by atoms with Gasteiger partial charge in [0.1, 0.15) is 0 Å². The highest BCUT2D eigenvalue weighted by atomic mass is 79.9. The van der Waals surface area contributed by atoms with Crippen molar-refractivity contribution in [1.29, 1.82) is 0 Å². The number of aliphatic hydroxyl groups is 2. The van der Waals surface area contributed by atoms with Crippen molar-refractivity contribution < 1.29 is 15.0 Å². The van der Waals surface area contributed by atoms with Gasteiger partial charge in [-0.05, 0) is 41.8 Å². The molecule has 4 nitrogen and oxygen atoms in total. The van der Waals surface area contributed by atoms with Gasteiger partial charge in [0.2, 0.25) is 0 Å². The van der Waals surface area contributed by atoms with Gasteiger partial charge < -0.3 is 15.5 Å². The molecule has 1 aromatic rings. The Labute approximate surface area is 112 Å². The molecule has 2 rings (SSSR count). The van der Waals surface area contributed by atoms with Crippen LogP contribution in [0.3, 0.4) is 0 Å². The van der Waals surface area contributed by atoms with Gasteiger partial charge in [0.25, 0.3) is 5.91 Å². The van der Waals surface area contributed by atoms with Crippen molar-refractivity contribution >= 4 is 33.2 Å². The van der Waals surface area contributed by atoms with E-state index in [0.29, 0.717) is 18.4 Å². The van der Waals surface area contributed by atoms with Gasteiger partial charge in [-0.2, -0.15) is 0 Å². The monoisotopic (exact) mass is 319 g/mol. The fraction of sp³-hybridized carbons (Fsp3) is 0.545. The third-order valence-corrected chi connectivity index (χ3v) is 4.64. The normalized spacial score (nSPS) is 28.4. The van der Waals surface area contributed by atoms with Crippen LogP contribution >= 0.6 is 27.3 Å². The summed E-state index contributed by atoms with van der Waals surface area (Å²) in [6.07, 6.45) is -0.637. The molecule has 1 aliphatic rings. The predicted molar refractivity (Wildman–Crippen MR) is 69.3 cm³/mol. The first-order chi connectivity index (χ1) is 7.97. The Morgan fingerprint density at radius 3 is 2.53 bits per heavy atom. The number of halogens is 1. The number of aliphatic hydroxyl groups excluding tert-OH is 2. The summed E-state index contributed by atoms with van der Waals surface area (Å²) in [6.45, 7) is 1.94. The van der Waals surface area contributed by atoms with E-state index >= 15 is 0 Å². The molecule has 6 heteroatoms. The smallest absolute Gasteiger partial charge is 0.253 e. The third kappa shape index (κ3) is 2.88. The van der Waals surface area contributed by atoms with Gasteiger partial charge in [0, 0.05) is 10.9 Å². The van der Waals surface area contributed by atoms with Gasteiger partial charge in [0.15, 0.2) is 0 Å². The fourth-order valence-corrected chi connectivity index (χ4v) is 3.80. The van der Waals surface area contributed by atoms with Crippen molar-refractivity contribution in [1.82, 2.24) is 5.32 Å². The summed E-state index contributed by atoms with van der Waals surface area (Å²) in [5.74, 6) is -0.160. The summed E-state index contributed by atoms with van der Waals surface area (Å²) in [6, 6.07) is 1.67. The van der Waals surface area contributed by atoms with E-state index < -0.39 is 12.2 Å². The molecule has 1 heterocycles. The molecular formula is C11H14BrNO3S. The van der Waals surface area contributed by atoms with Gasteiger partial charge in [-0.25, -0.2) is 0 Å². The van der Waals surface area contributed by atoms with E-state index in [9.17, 15) is 15.0 Å². The lowest BCUT2D eigenvalue weighted by molar-refractivity contribution is 0.0438. The molecule has 1 aromatic heterocycles. The zero-order valence-corrected chi connectivity index (χ0v) is 11.7. The maximum absolute atomic E-state index is 12.0. The highest BCUT2D eigenvalue weighted by molar-refractivity contribution is 9.11. The molecule has 1 fully saturated rings. The lowest BCUT2D eigenvalue weighted by atomic mass is 10.2. The second-order valence-corrected chi connectivity index (χ2v) is 6.90. The average Bonchev–Trinajstić information content (AvgIpc) is 2.71. The van der Waals surface area contributed by atoms with Crippen molar-refractivity contribution in [3.05, 3.63) is 20.3 Å². The largest absolute Gasteiger partial charge is 0.390 e. The van der Waals surface area contributed by atoms with Gasteiger partial charge in [-0.15, -0.1) is 11.3 Å². The zero-order chi connectivity index (χ0) is 12.6. The molecule has 1 aliphatic carbocycles. The van der Waals surface area contributed by atoms with E-state index in [-0.39, 0.29) is 11.9 Å². The van der Waals surface area contributed by atoms with Crippen molar-refractivity contribution in [3.8, 4) is 0 Å². The van der Waals surface area contributed by atoms with E-state index in [1.807, 2.05) is 13.0 Å². The molecule has 1 amide bonds. The Kier molecular flexibility index (Phi) is 3.87. The van der Waals surface area contributed by atoms with Crippen molar-refractivity contribution in [2.75, 3.05) is 0 Å². The molecule has 0 aliphatic heterocycles. The first kappa shape index (κ1) is 13.0. The number of nitrogens with one attached hydrogen (secondary N) is 1. The Hall–Kier alpha value is -0.430. The van der Waals surface area contributed by atoms with Crippen LogP contribution in [0, 0.1) is 6.92 Å². The second kappa shape index (κ2) is 5.06. The quantitative estimate of drug-likeness (QED) is 0.772. The number of amides is 1. The van der Waals surface area contributed by atoms with Crippen LogP contribution in [0.1, 0.15) is 28.1 Å². The number of hydrogen-bond donors (Lipinski definition) is 3. The van der Waals surface area contributed by atoms with Crippen LogP contribution in [-0.4, -0.2) is 34.4 Å². The topological polar surface area (TPSA) is 69.6 Å². The number of carbonyl (C=O) groups excluding carboxylic acids is 1. The minimum atomic E-state index is -0.729. The molecule has 0 spiro atoms. The van der Waals surface area contributed by atoms with Crippen LogP contribution in [-0.2, 0) is 0 Å². The second-order valence-electron chi connectivity index (χ2n) is 4.32. The highest BCUT2D eigenvalue weighted by Gasteiger charge is 2.32. The Bertz CT molecular complexity index is 424. The van der Waals surface area contributed by atoms with E-state index in [0.717, 1.165) is 8.66 Å². The van der Waals surface area contributed by atoms with Crippen LogP contribution in [0.5, 0.6) is 0 Å². The van der Waals surface area contributed by atoms with Crippen LogP contribution in [0.2, 0.25) is 0 Å². The molecular weight excluding hydrogens is 306 g/mol. The van der Waals surface area contributed by atoms with Crippen molar-refractivity contribution in [2.45, 2.75) is 38.0 Å². The van der Waals surface area contributed by atoms with E-state index in [1.165, 1.54) is 11.3 Å². The van der Waals surface area contributed by atoms with E-state index in [1.54, 1.807) is 0 Å². The Morgan fingerprint density at radius 2 is 2.06 bits per heavy atom. The minimum absolute atomic E-state index is 0.153. The summed E-state index contributed by atoms with van der Waals surface area (Å²) in [5.41, 5.74) is 0.614. The van der Waals surface area contributed by atoms with Crippen LogP contribution in [0.15, 0.2) is 9.85 Å². The van der Waals surface area contributed by atoms with E-state index in [4.69, 9.17) is 0 Å². The standard InChI is InChI=1S/C11H14BrNO3S/c1-5-2-7(10(12)17-5)11(16)13-6-3-8(14)9(15)4-6/h2,6,8-9,14-15H,3-4H2,1H3,(H,13,16)/t6?,8-,9+. The molecule has 0 saturated heterocycles. The predicted octanol–water partition coefficient (Wildman–Crippen LogP) is 1.43. The van der Waals surface area contributed by atoms with Crippen molar-refractivity contribution in [2.24, 2.45) is 0 Å². The summed E-state index contributed by atoms with van der Waals surface area (Å²) in [7, 11) is 0. The lowest BCUT2D eigenvalue weighted by Gasteiger charge is -2.11. The molecule has 0 bridgehead atoms. The van der Waals surface area contributed by atoms with Crippen LogP contribution in [0.4, 0.5) is 0 Å². The summed E-state index contributed by atoms with van der Waals surface area (Å²) >= 11 is 4.86. The molecule has 3 N–H and O–H groups in total. The number of thiophene rings is 1. The van der Waals surface area contributed by atoms with Crippen LogP contribution < -0.4 is 5.32 Å². The summed E-state index contributed by atoms with van der Waals surface area (Å²) < 4.78 is 0.812. The summed E-state index contributed by atoms with van der Waals surface area (Å²) in [4.78, 5) is 13.0. The van der Waals surface area contributed by atoms with Gasteiger partial charge in [-0.1, -0.05) is 0 Å². The molecule has 0 radical (unpaired) electrons. The van der Waals surface area contributed by atoms with Crippen molar-refractivity contribution in [3.63, 3.8) is 0 Å². The molecule has 0 aromatic carbocycles.